The van der Waals surface area contributed by atoms with Crippen LogP contribution in [0, 0.1) is 0 Å². The minimum absolute atomic E-state index is 0.0241. The summed E-state index contributed by atoms with van der Waals surface area (Å²) in [6.45, 7) is 3.11. The zero-order chi connectivity index (χ0) is 28.7. The van der Waals surface area contributed by atoms with Gasteiger partial charge in [-0.25, -0.2) is 8.42 Å². The first-order valence-electron chi connectivity index (χ1n) is 12.2. The van der Waals surface area contributed by atoms with E-state index in [4.69, 9.17) is 34.8 Å². The molecule has 208 valence electrons. The zero-order valence-electron chi connectivity index (χ0n) is 21.8. The van der Waals surface area contributed by atoms with E-state index in [0.717, 1.165) is 16.1 Å². The molecule has 0 fully saturated rings. The summed E-state index contributed by atoms with van der Waals surface area (Å²) in [6, 6.07) is 19.4. The van der Waals surface area contributed by atoms with E-state index in [0.29, 0.717) is 10.6 Å². The van der Waals surface area contributed by atoms with Gasteiger partial charge in [-0.15, -0.1) is 0 Å². The van der Waals surface area contributed by atoms with Crippen molar-refractivity contribution in [3.63, 3.8) is 0 Å². The Balaban J connectivity index is 2.07. The summed E-state index contributed by atoms with van der Waals surface area (Å²) in [6.07, 6.45) is 1.21. The van der Waals surface area contributed by atoms with Crippen molar-refractivity contribution in [3.05, 3.63) is 99.0 Å². The minimum Gasteiger partial charge on any atom is -0.352 e. The van der Waals surface area contributed by atoms with Crippen molar-refractivity contribution >= 4 is 62.3 Å². The lowest BCUT2D eigenvalue weighted by Gasteiger charge is -2.34. The molecule has 1 unspecified atom stereocenters. The molecule has 11 heteroatoms. The van der Waals surface area contributed by atoms with Gasteiger partial charge in [0.2, 0.25) is 21.8 Å². The Morgan fingerprint density at radius 2 is 1.46 bits per heavy atom. The molecule has 0 saturated heterocycles. The van der Waals surface area contributed by atoms with Gasteiger partial charge in [0.15, 0.2) is 0 Å². The minimum atomic E-state index is -3.94. The van der Waals surface area contributed by atoms with Crippen LogP contribution in [-0.2, 0) is 32.6 Å². The molecule has 0 aliphatic carbocycles. The third-order valence-electron chi connectivity index (χ3n) is 5.76. The fourth-order valence-corrected chi connectivity index (χ4v) is 5.62. The van der Waals surface area contributed by atoms with Crippen molar-refractivity contribution < 1.29 is 18.0 Å². The molecular formula is C28H30Cl3N3O4S. The monoisotopic (exact) mass is 609 g/mol. The Morgan fingerprint density at radius 3 is 2.03 bits per heavy atom. The molecule has 0 aliphatic rings. The fraction of sp³-hybridized carbons (Fsp3) is 0.286. The lowest BCUT2D eigenvalue weighted by molar-refractivity contribution is -0.140. The van der Waals surface area contributed by atoms with Crippen molar-refractivity contribution in [1.29, 1.82) is 0 Å². The van der Waals surface area contributed by atoms with Crippen LogP contribution in [0.25, 0.3) is 0 Å². The molecule has 1 atom stereocenters. The molecule has 7 nitrogen and oxygen atoms in total. The number of halogens is 3. The molecule has 0 radical (unpaired) electrons. The summed E-state index contributed by atoms with van der Waals surface area (Å²) in [5, 5.41) is 3.80. The molecule has 3 aromatic rings. The Hall–Kier alpha value is -2.78. The van der Waals surface area contributed by atoms with Crippen LogP contribution in [-0.4, -0.2) is 50.0 Å². The van der Waals surface area contributed by atoms with E-state index in [2.05, 4.69) is 5.32 Å². The number of anilines is 1. The number of nitrogens with zero attached hydrogens (tertiary/aromatic N) is 2. The number of hydrogen-bond acceptors (Lipinski definition) is 4. The predicted molar refractivity (Wildman–Crippen MR) is 158 cm³/mol. The van der Waals surface area contributed by atoms with Crippen LogP contribution in [0.4, 0.5) is 5.69 Å². The smallest absolute Gasteiger partial charge is 0.244 e. The highest BCUT2D eigenvalue weighted by Gasteiger charge is 2.33. The van der Waals surface area contributed by atoms with Gasteiger partial charge in [-0.05, 0) is 55.3 Å². The number of carbonyl (C=O) groups excluding carboxylic acids is 2. The highest BCUT2D eigenvalue weighted by atomic mass is 35.5. The maximum absolute atomic E-state index is 14.0. The van der Waals surface area contributed by atoms with E-state index in [1.165, 1.54) is 23.1 Å². The molecule has 0 aliphatic heterocycles. The van der Waals surface area contributed by atoms with Gasteiger partial charge in [0, 0.05) is 34.1 Å². The molecule has 0 bridgehead atoms. The third-order valence-corrected chi connectivity index (χ3v) is 7.57. The standard InChI is InChI=1S/C28H30Cl3N3O4S/c1-19(2)32-28(36)26(13-20-8-5-4-6-9-20)33(17-21-10-7-11-22(29)12-21)27(35)18-34(39(3,37)38)25-15-23(30)14-24(31)16-25/h4-12,14-16,19,26H,13,17-18H2,1-3H3,(H,32,36). The van der Waals surface area contributed by atoms with Gasteiger partial charge in [0.1, 0.15) is 12.6 Å². The molecule has 0 heterocycles. The van der Waals surface area contributed by atoms with E-state index in [-0.39, 0.29) is 40.6 Å². The first kappa shape index (κ1) is 30.8. The molecule has 0 saturated carbocycles. The highest BCUT2D eigenvalue weighted by Crippen LogP contribution is 2.27. The molecule has 2 amide bonds. The normalized spacial score (nSPS) is 12.2. The van der Waals surface area contributed by atoms with Gasteiger partial charge in [-0.3, -0.25) is 13.9 Å². The first-order valence-corrected chi connectivity index (χ1v) is 15.1. The quantitative estimate of drug-likeness (QED) is 0.307. The van der Waals surface area contributed by atoms with Crippen molar-refractivity contribution in [2.45, 2.75) is 38.9 Å². The number of hydrogen-bond donors (Lipinski definition) is 1. The summed E-state index contributed by atoms with van der Waals surface area (Å²) in [4.78, 5) is 28.9. The van der Waals surface area contributed by atoms with Gasteiger partial charge < -0.3 is 10.2 Å². The SMILES string of the molecule is CC(C)NC(=O)C(Cc1ccccc1)N(Cc1cccc(Cl)c1)C(=O)CN(c1cc(Cl)cc(Cl)c1)S(C)(=O)=O. The Morgan fingerprint density at radius 1 is 0.846 bits per heavy atom. The fourth-order valence-electron chi connectivity index (χ4n) is 4.06. The Bertz CT molecular complexity index is 1400. The predicted octanol–water partition coefficient (Wildman–Crippen LogP) is 5.58. The van der Waals surface area contributed by atoms with Crippen LogP contribution in [0.2, 0.25) is 15.1 Å². The van der Waals surface area contributed by atoms with Crippen LogP contribution in [0.3, 0.4) is 0 Å². The van der Waals surface area contributed by atoms with Crippen LogP contribution < -0.4 is 9.62 Å². The Labute approximate surface area is 244 Å². The largest absolute Gasteiger partial charge is 0.352 e. The number of carbonyl (C=O) groups is 2. The van der Waals surface area contributed by atoms with Crippen molar-refractivity contribution in [3.8, 4) is 0 Å². The summed E-state index contributed by atoms with van der Waals surface area (Å²) >= 11 is 18.5. The lowest BCUT2D eigenvalue weighted by atomic mass is 10.0. The van der Waals surface area contributed by atoms with E-state index >= 15 is 0 Å². The highest BCUT2D eigenvalue weighted by molar-refractivity contribution is 7.92. The van der Waals surface area contributed by atoms with E-state index in [9.17, 15) is 18.0 Å². The van der Waals surface area contributed by atoms with Crippen molar-refractivity contribution in [2.75, 3.05) is 17.1 Å². The van der Waals surface area contributed by atoms with Gasteiger partial charge in [0.05, 0.1) is 11.9 Å². The number of rotatable bonds is 11. The average molecular weight is 611 g/mol. The lowest BCUT2D eigenvalue weighted by Crippen LogP contribution is -2.54. The average Bonchev–Trinajstić information content (AvgIpc) is 2.83. The van der Waals surface area contributed by atoms with Crippen molar-refractivity contribution in [2.24, 2.45) is 0 Å². The van der Waals surface area contributed by atoms with Crippen LogP contribution in [0.15, 0.2) is 72.8 Å². The van der Waals surface area contributed by atoms with E-state index in [1.807, 2.05) is 44.2 Å². The molecule has 3 aromatic carbocycles. The number of benzene rings is 3. The van der Waals surface area contributed by atoms with Crippen LogP contribution in [0.5, 0.6) is 0 Å². The van der Waals surface area contributed by atoms with Gasteiger partial charge in [0.25, 0.3) is 0 Å². The number of nitrogens with one attached hydrogen (secondary N) is 1. The Kier molecular flexibility index (Phi) is 10.7. The summed E-state index contributed by atoms with van der Waals surface area (Å²) in [5.41, 5.74) is 1.66. The second kappa shape index (κ2) is 13.5. The number of amides is 2. The first-order chi connectivity index (χ1) is 18.3. The molecule has 0 spiro atoms. The summed E-state index contributed by atoms with van der Waals surface area (Å²) in [5.74, 6) is -0.947. The van der Waals surface area contributed by atoms with E-state index in [1.54, 1.807) is 24.3 Å². The molecular weight excluding hydrogens is 581 g/mol. The van der Waals surface area contributed by atoms with E-state index < -0.39 is 28.5 Å². The third kappa shape index (κ3) is 9.14. The van der Waals surface area contributed by atoms with Gasteiger partial charge in [-0.2, -0.15) is 0 Å². The van der Waals surface area contributed by atoms with Crippen LogP contribution >= 0.6 is 34.8 Å². The van der Waals surface area contributed by atoms with Gasteiger partial charge >= 0.3 is 0 Å². The second-order valence-corrected chi connectivity index (χ2v) is 12.6. The molecule has 3 rings (SSSR count). The maximum atomic E-state index is 14.0. The molecule has 0 aromatic heterocycles. The van der Waals surface area contributed by atoms with Gasteiger partial charge in [-0.1, -0.05) is 77.3 Å². The van der Waals surface area contributed by atoms with Crippen LogP contribution in [0.1, 0.15) is 25.0 Å². The molecule has 1 N–H and O–H groups in total. The summed E-state index contributed by atoms with van der Waals surface area (Å²) < 4.78 is 26.6. The second-order valence-electron chi connectivity index (χ2n) is 9.42. The number of sulfonamides is 1. The topological polar surface area (TPSA) is 86.8 Å². The zero-order valence-corrected chi connectivity index (χ0v) is 24.9. The molecule has 39 heavy (non-hydrogen) atoms. The van der Waals surface area contributed by atoms with Crippen molar-refractivity contribution in [1.82, 2.24) is 10.2 Å². The maximum Gasteiger partial charge on any atom is 0.244 e. The summed E-state index contributed by atoms with van der Waals surface area (Å²) in [7, 11) is -3.94.